The Labute approximate surface area is 98.7 Å². The maximum atomic E-state index is 5.41. The Morgan fingerprint density at radius 2 is 2.25 bits per heavy atom. The standard InChI is InChI=1S/C11H12N4S/c1-15(11(12)16)13-7-9-6-8-4-2-3-5-10(8)14-9/h2-7,14H,1H3,(H2,12,16)/b13-7+. The zero-order valence-electron chi connectivity index (χ0n) is 8.84. The number of thiocarbonyl (C=S) groups is 1. The number of rotatable bonds is 2. The summed E-state index contributed by atoms with van der Waals surface area (Å²) >= 11 is 4.78. The minimum atomic E-state index is 0.243. The van der Waals surface area contributed by atoms with Gasteiger partial charge in [-0.25, -0.2) is 5.01 Å². The number of nitrogens with one attached hydrogen (secondary N) is 1. The highest BCUT2D eigenvalue weighted by Gasteiger charge is 1.98. The van der Waals surface area contributed by atoms with Gasteiger partial charge in [0.1, 0.15) is 0 Å². The number of benzene rings is 1. The molecular formula is C11H12N4S. The summed E-state index contributed by atoms with van der Waals surface area (Å²) in [6.45, 7) is 0. The summed E-state index contributed by atoms with van der Waals surface area (Å²) in [6, 6.07) is 10.1. The van der Waals surface area contributed by atoms with E-state index in [1.54, 1.807) is 13.3 Å². The monoisotopic (exact) mass is 232 g/mol. The Kier molecular flexibility index (Phi) is 2.87. The molecule has 2 rings (SSSR count). The maximum Gasteiger partial charge on any atom is 0.186 e. The van der Waals surface area contributed by atoms with E-state index in [1.807, 2.05) is 30.3 Å². The van der Waals surface area contributed by atoms with Gasteiger partial charge in [-0.05, 0) is 24.4 Å². The number of H-pyrrole nitrogens is 1. The Morgan fingerprint density at radius 1 is 1.50 bits per heavy atom. The van der Waals surface area contributed by atoms with Crippen molar-refractivity contribution in [2.75, 3.05) is 7.05 Å². The minimum absolute atomic E-state index is 0.243. The molecule has 0 aliphatic carbocycles. The molecule has 4 nitrogen and oxygen atoms in total. The highest BCUT2D eigenvalue weighted by Crippen LogP contribution is 2.13. The molecule has 0 saturated heterocycles. The maximum absolute atomic E-state index is 5.41. The van der Waals surface area contributed by atoms with E-state index in [-0.39, 0.29) is 5.11 Å². The molecule has 1 aromatic heterocycles. The van der Waals surface area contributed by atoms with Crippen LogP contribution in [0.5, 0.6) is 0 Å². The SMILES string of the molecule is CN(/N=C/c1cc2ccccc2[nH]1)C(N)=S. The lowest BCUT2D eigenvalue weighted by Gasteiger charge is -2.07. The molecule has 82 valence electrons. The molecule has 0 aliphatic heterocycles. The highest BCUT2D eigenvalue weighted by molar-refractivity contribution is 7.80. The van der Waals surface area contributed by atoms with Gasteiger partial charge in [0, 0.05) is 18.0 Å². The predicted octanol–water partition coefficient (Wildman–Crippen LogP) is 1.68. The van der Waals surface area contributed by atoms with Crippen LogP contribution in [0.15, 0.2) is 35.4 Å². The quantitative estimate of drug-likeness (QED) is 0.470. The lowest BCUT2D eigenvalue weighted by atomic mass is 10.2. The summed E-state index contributed by atoms with van der Waals surface area (Å²) in [7, 11) is 1.71. The van der Waals surface area contributed by atoms with E-state index >= 15 is 0 Å². The van der Waals surface area contributed by atoms with Crippen molar-refractivity contribution in [2.24, 2.45) is 10.8 Å². The number of nitrogens with zero attached hydrogens (tertiary/aromatic N) is 2. The number of nitrogens with two attached hydrogens (primary N) is 1. The van der Waals surface area contributed by atoms with E-state index in [4.69, 9.17) is 18.0 Å². The second-order valence-corrected chi connectivity index (χ2v) is 3.84. The van der Waals surface area contributed by atoms with Gasteiger partial charge in [-0.1, -0.05) is 18.2 Å². The molecule has 0 atom stereocenters. The molecule has 0 unspecified atom stereocenters. The largest absolute Gasteiger partial charge is 0.375 e. The van der Waals surface area contributed by atoms with Crippen LogP contribution in [0, 0.1) is 0 Å². The van der Waals surface area contributed by atoms with Crippen molar-refractivity contribution in [1.29, 1.82) is 0 Å². The Hall–Kier alpha value is -1.88. The zero-order valence-corrected chi connectivity index (χ0v) is 9.66. The van der Waals surface area contributed by atoms with Gasteiger partial charge in [0.05, 0.1) is 11.9 Å². The first-order chi connectivity index (χ1) is 7.66. The van der Waals surface area contributed by atoms with Gasteiger partial charge in [-0.2, -0.15) is 5.10 Å². The van der Waals surface area contributed by atoms with E-state index in [9.17, 15) is 0 Å². The van der Waals surface area contributed by atoms with E-state index in [2.05, 4.69) is 10.1 Å². The topological polar surface area (TPSA) is 57.4 Å². The first-order valence-electron chi connectivity index (χ1n) is 4.82. The molecule has 0 fully saturated rings. The molecule has 2 aromatic rings. The van der Waals surface area contributed by atoms with Gasteiger partial charge in [0.2, 0.25) is 0 Å². The molecule has 5 heteroatoms. The van der Waals surface area contributed by atoms with Crippen LogP contribution in [0.25, 0.3) is 10.9 Å². The highest BCUT2D eigenvalue weighted by atomic mass is 32.1. The molecule has 0 saturated carbocycles. The molecule has 1 heterocycles. The summed E-state index contributed by atoms with van der Waals surface area (Å²) in [6.07, 6.45) is 1.69. The van der Waals surface area contributed by atoms with Crippen molar-refractivity contribution < 1.29 is 0 Å². The molecule has 16 heavy (non-hydrogen) atoms. The fourth-order valence-corrected chi connectivity index (χ4v) is 1.42. The van der Waals surface area contributed by atoms with Crippen LogP contribution < -0.4 is 5.73 Å². The third-order valence-electron chi connectivity index (χ3n) is 2.24. The van der Waals surface area contributed by atoms with E-state index in [1.165, 1.54) is 5.01 Å². The van der Waals surface area contributed by atoms with Crippen LogP contribution in [0.2, 0.25) is 0 Å². The van der Waals surface area contributed by atoms with Gasteiger partial charge in [-0.3, -0.25) is 0 Å². The van der Waals surface area contributed by atoms with Gasteiger partial charge in [0.15, 0.2) is 5.11 Å². The lowest BCUT2D eigenvalue weighted by Crippen LogP contribution is -2.27. The molecule has 0 bridgehead atoms. The third kappa shape index (κ3) is 2.20. The van der Waals surface area contributed by atoms with Crippen LogP contribution in [0.4, 0.5) is 0 Å². The Bertz CT molecular complexity index is 511. The van der Waals surface area contributed by atoms with Crippen molar-refractivity contribution in [1.82, 2.24) is 9.99 Å². The van der Waals surface area contributed by atoms with E-state index in [0.717, 1.165) is 16.6 Å². The van der Waals surface area contributed by atoms with Gasteiger partial charge in [0.25, 0.3) is 0 Å². The van der Waals surface area contributed by atoms with E-state index in [0.29, 0.717) is 0 Å². The molecule has 0 amide bonds. The lowest BCUT2D eigenvalue weighted by molar-refractivity contribution is 0.552. The van der Waals surface area contributed by atoms with Crippen LogP contribution >= 0.6 is 12.2 Å². The van der Waals surface area contributed by atoms with E-state index < -0.39 is 0 Å². The van der Waals surface area contributed by atoms with Crippen molar-refractivity contribution in [3.63, 3.8) is 0 Å². The fourth-order valence-electron chi connectivity index (χ4n) is 1.37. The summed E-state index contributed by atoms with van der Waals surface area (Å²) in [4.78, 5) is 3.23. The van der Waals surface area contributed by atoms with Crippen LogP contribution in [-0.2, 0) is 0 Å². The van der Waals surface area contributed by atoms with Gasteiger partial charge >= 0.3 is 0 Å². The summed E-state index contributed by atoms with van der Waals surface area (Å²) in [5, 5.41) is 6.94. The van der Waals surface area contributed by atoms with Gasteiger partial charge in [-0.15, -0.1) is 0 Å². The number of fused-ring (bicyclic) bond motifs is 1. The number of hydrazone groups is 1. The number of hydrogen-bond donors (Lipinski definition) is 2. The number of aromatic nitrogens is 1. The average Bonchev–Trinajstić information content (AvgIpc) is 2.68. The summed E-state index contributed by atoms with van der Waals surface area (Å²) in [5.41, 5.74) is 7.41. The Morgan fingerprint density at radius 3 is 2.94 bits per heavy atom. The van der Waals surface area contributed by atoms with Crippen LogP contribution in [0.1, 0.15) is 5.69 Å². The Balaban J connectivity index is 2.25. The number of para-hydroxylation sites is 1. The number of aromatic amines is 1. The molecule has 0 spiro atoms. The summed E-state index contributed by atoms with van der Waals surface area (Å²) < 4.78 is 0. The third-order valence-corrected chi connectivity index (χ3v) is 2.50. The van der Waals surface area contributed by atoms with Crippen molar-refractivity contribution in [3.05, 3.63) is 36.0 Å². The average molecular weight is 232 g/mol. The molecule has 0 radical (unpaired) electrons. The number of hydrogen-bond acceptors (Lipinski definition) is 2. The van der Waals surface area contributed by atoms with Crippen molar-refractivity contribution >= 4 is 34.4 Å². The first-order valence-corrected chi connectivity index (χ1v) is 5.22. The predicted molar refractivity (Wildman–Crippen MR) is 70.4 cm³/mol. The normalized spacial score (nSPS) is 11.1. The molecule has 3 N–H and O–H groups in total. The van der Waals surface area contributed by atoms with Crippen LogP contribution in [-0.4, -0.2) is 28.4 Å². The van der Waals surface area contributed by atoms with Crippen molar-refractivity contribution in [3.8, 4) is 0 Å². The fraction of sp³-hybridized carbons (Fsp3) is 0.0909. The van der Waals surface area contributed by atoms with Crippen molar-refractivity contribution in [2.45, 2.75) is 0 Å². The molecule has 1 aromatic carbocycles. The first kappa shape index (κ1) is 10.6. The smallest absolute Gasteiger partial charge is 0.186 e. The van der Waals surface area contributed by atoms with Crippen LogP contribution in [0.3, 0.4) is 0 Å². The summed E-state index contributed by atoms with van der Waals surface area (Å²) in [5.74, 6) is 0. The minimum Gasteiger partial charge on any atom is -0.375 e. The molecule has 0 aliphatic rings. The second-order valence-electron chi connectivity index (χ2n) is 3.42. The molecular weight excluding hydrogens is 220 g/mol. The zero-order chi connectivity index (χ0) is 11.5. The second kappa shape index (κ2) is 4.32. The van der Waals surface area contributed by atoms with Gasteiger partial charge < -0.3 is 10.7 Å².